The van der Waals surface area contributed by atoms with E-state index in [1.54, 1.807) is 0 Å². The first kappa shape index (κ1) is 11.5. The zero-order chi connectivity index (χ0) is 13.4. The van der Waals surface area contributed by atoms with E-state index in [4.69, 9.17) is 0 Å². The molecule has 0 aromatic carbocycles. The molecule has 0 saturated carbocycles. The van der Waals surface area contributed by atoms with Crippen molar-refractivity contribution in [1.82, 2.24) is 20.0 Å². The van der Waals surface area contributed by atoms with E-state index < -0.39 is 17.9 Å². The number of rotatable bonds is 2. The fourth-order valence-electron chi connectivity index (χ4n) is 2.14. The number of nitrogens with one attached hydrogen (secondary N) is 1. The monoisotopic (exact) mass is 262 g/mol. The van der Waals surface area contributed by atoms with Crippen LogP contribution in [0.3, 0.4) is 0 Å². The number of carbonyl (C=O) groups is 2. The van der Waals surface area contributed by atoms with Gasteiger partial charge in [0.05, 0.1) is 24.3 Å². The molecule has 0 saturated heterocycles. The molecule has 0 aliphatic carbocycles. The summed E-state index contributed by atoms with van der Waals surface area (Å²) >= 11 is 0. The van der Waals surface area contributed by atoms with Gasteiger partial charge in [-0.25, -0.2) is 9.78 Å². The fraction of sp³-hybridized carbons (Fsp3) is 0.273. The Bertz CT molecular complexity index is 618. The fourth-order valence-corrected chi connectivity index (χ4v) is 2.14. The van der Waals surface area contributed by atoms with Crippen molar-refractivity contribution >= 4 is 11.9 Å². The Morgan fingerprint density at radius 1 is 1.53 bits per heavy atom. The third kappa shape index (κ3) is 1.86. The van der Waals surface area contributed by atoms with E-state index in [-0.39, 0.29) is 18.7 Å². The third-order valence-electron chi connectivity index (χ3n) is 3.10. The van der Waals surface area contributed by atoms with Crippen molar-refractivity contribution < 1.29 is 19.2 Å². The van der Waals surface area contributed by atoms with Crippen LogP contribution in [0.2, 0.25) is 0 Å². The van der Waals surface area contributed by atoms with Gasteiger partial charge in [-0.15, -0.1) is 0 Å². The van der Waals surface area contributed by atoms with Crippen LogP contribution < -0.4 is 0 Å². The highest BCUT2D eigenvalue weighted by molar-refractivity contribution is 5.95. The molecule has 1 aliphatic heterocycles. The summed E-state index contributed by atoms with van der Waals surface area (Å²) in [6.45, 7) is 0.165. The minimum absolute atomic E-state index is 0.0919. The van der Waals surface area contributed by atoms with Gasteiger partial charge >= 0.3 is 5.97 Å². The maximum absolute atomic E-state index is 12.2. The molecule has 1 atom stereocenters. The molecule has 2 N–H and O–H groups in total. The van der Waals surface area contributed by atoms with E-state index in [0.717, 1.165) is 5.69 Å². The average Bonchev–Trinajstić information content (AvgIpc) is 3.06. The van der Waals surface area contributed by atoms with Crippen molar-refractivity contribution in [2.75, 3.05) is 0 Å². The second-order valence-electron chi connectivity index (χ2n) is 4.20. The van der Waals surface area contributed by atoms with Crippen LogP contribution >= 0.6 is 0 Å². The van der Waals surface area contributed by atoms with Crippen LogP contribution in [0.15, 0.2) is 23.2 Å². The molecule has 0 bridgehead atoms. The molecule has 1 amide bonds. The van der Waals surface area contributed by atoms with Crippen molar-refractivity contribution in [3.8, 4) is 0 Å². The van der Waals surface area contributed by atoms with Gasteiger partial charge in [0.15, 0.2) is 5.69 Å². The van der Waals surface area contributed by atoms with Gasteiger partial charge < -0.3 is 19.5 Å². The molecule has 0 radical (unpaired) electrons. The summed E-state index contributed by atoms with van der Waals surface area (Å²) in [5.41, 5.74) is 1.51. The SMILES string of the molecule is O=C(O)C1Cc2nc[nH]c2CN1C(=O)c1ccon1. The first-order chi connectivity index (χ1) is 9.16. The first-order valence-corrected chi connectivity index (χ1v) is 5.62. The summed E-state index contributed by atoms with van der Waals surface area (Å²) in [5.74, 6) is -1.54. The molecular weight excluding hydrogens is 252 g/mol. The molecule has 1 unspecified atom stereocenters. The molecule has 8 heteroatoms. The lowest BCUT2D eigenvalue weighted by molar-refractivity contribution is -0.142. The highest BCUT2D eigenvalue weighted by atomic mass is 16.5. The van der Waals surface area contributed by atoms with E-state index >= 15 is 0 Å². The number of carboxylic acid groups (broad SMARTS) is 1. The summed E-state index contributed by atoms with van der Waals surface area (Å²) in [6, 6.07) is 0.462. The van der Waals surface area contributed by atoms with E-state index in [9.17, 15) is 14.7 Å². The van der Waals surface area contributed by atoms with Crippen molar-refractivity contribution in [3.05, 3.63) is 35.7 Å². The number of nitrogens with zero attached hydrogens (tertiary/aromatic N) is 3. The van der Waals surface area contributed by atoms with Gasteiger partial charge in [-0.3, -0.25) is 4.79 Å². The molecule has 0 spiro atoms. The maximum atomic E-state index is 12.2. The van der Waals surface area contributed by atoms with Crippen molar-refractivity contribution in [3.63, 3.8) is 0 Å². The van der Waals surface area contributed by atoms with Crippen LogP contribution in [0.4, 0.5) is 0 Å². The summed E-state index contributed by atoms with van der Waals surface area (Å²) in [6.07, 6.45) is 2.94. The summed E-state index contributed by atoms with van der Waals surface area (Å²) in [5, 5.41) is 12.8. The van der Waals surface area contributed by atoms with Gasteiger partial charge in [0.2, 0.25) is 0 Å². The number of carboxylic acids is 1. The van der Waals surface area contributed by atoms with Gasteiger partial charge in [0.25, 0.3) is 5.91 Å². The number of imidazole rings is 1. The zero-order valence-electron chi connectivity index (χ0n) is 9.74. The van der Waals surface area contributed by atoms with Crippen LogP contribution in [0, 0.1) is 0 Å². The molecule has 2 aromatic heterocycles. The van der Waals surface area contributed by atoms with Gasteiger partial charge in [0, 0.05) is 12.5 Å². The number of H-pyrrole nitrogens is 1. The predicted molar refractivity (Wildman–Crippen MR) is 60.1 cm³/mol. The number of fused-ring (bicyclic) bond motifs is 1. The Balaban J connectivity index is 1.95. The number of carbonyl (C=O) groups excluding carboxylic acids is 1. The Kier molecular flexibility index (Phi) is 2.55. The smallest absolute Gasteiger partial charge is 0.326 e. The standard InChI is InChI=1S/C11H10N4O4/c16-10(6-1-2-19-14-6)15-4-8-7(12-5-13-8)3-9(15)11(17)18/h1-2,5,9H,3-4H2,(H,12,13)(H,17,18). The normalized spacial score (nSPS) is 18.1. The Morgan fingerprint density at radius 3 is 3.05 bits per heavy atom. The zero-order valence-corrected chi connectivity index (χ0v) is 9.74. The van der Waals surface area contributed by atoms with Gasteiger partial charge in [-0.05, 0) is 0 Å². The molecule has 3 rings (SSSR count). The molecular formula is C11H10N4O4. The quantitative estimate of drug-likeness (QED) is 0.790. The molecule has 3 heterocycles. The molecule has 98 valence electrons. The Morgan fingerprint density at radius 2 is 2.37 bits per heavy atom. The number of hydrogen-bond donors (Lipinski definition) is 2. The van der Waals surface area contributed by atoms with Gasteiger partial charge in [-0.1, -0.05) is 5.16 Å². The third-order valence-corrected chi connectivity index (χ3v) is 3.10. The lowest BCUT2D eigenvalue weighted by Gasteiger charge is -2.31. The van der Waals surface area contributed by atoms with Crippen molar-refractivity contribution in [2.45, 2.75) is 19.0 Å². The van der Waals surface area contributed by atoms with Crippen LogP contribution in [0.25, 0.3) is 0 Å². The number of aliphatic carboxylic acids is 1. The molecule has 1 aliphatic rings. The number of amides is 1. The minimum atomic E-state index is -1.06. The Labute approximate surface area is 107 Å². The molecule has 8 nitrogen and oxygen atoms in total. The molecule has 0 fully saturated rings. The van der Waals surface area contributed by atoms with E-state index in [1.807, 2.05) is 0 Å². The Hall–Kier alpha value is -2.64. The van der Waals surface area contributed by atoms with E-state index in [1.165, 1.54) is 23.6 Å². The lowest BCUT2D eigenvalue weighted by atomic mass is 10.0. The highest BCUT2D eigenvalue weighted by Gasteiger charge is 2.37. The van der Waals surface area contributed by atoms with Crippen molar-refractivity contribution in [1.29, 1.82) is 0 Å². The van der Waals surface area contributed by atoms with Crippen molar-refractivity contribution in [2.24, 2.45) is 0 Å². The van der Waals surface area contributed by atoms with Crippen LogP contribution in [0.5, 0.6) is 0 Å². The first-order valence-electron chi connectivity index (χ1n) is 5.62. The topological polar surface area (TPSA) is 112 Å². The minimum Gasteiger partial charge on any atom is -0.480 e. The van der Waals surface area contributed by atoms with Gasteiger partial charge in [0.1, 0.15) is 12.3 Å². The second-order valence-corrected chi connectivity index (χ2v) is 4.20. The van der Waals surface area contributed by atoms with Crippen LogP contribution in [-0.2, 0) is 17.8 Å². The van der Waals surface area contributed by atoms with E-state index in [0.29, 0.717) is 5.69 Å². The summed E-state index contributed by atoms with van der Waals surface area (Å²) in [4.78, 5) is 31.7. The summed E-state index contributed by atoms with van der Waals surface area (Å²) in [7, 11) is 0. The van der Waals surface area contributed by atoms with Gasteiger partial charge in [-0.2, -0.15) is 0 Å². The predicted octanol–water partition coefficient (Wildman–Crippen LogP) is 0.0494. The second kappa shape index (κ2) is 4.23. The largest absolute Gasteiger partial charge is 0.480 e. The molecule has 2 aromatic rings. The summed E-state index contributed by atoms with van der Waals surface area (Å²) < 4.78 is 4.61. The lowest BCUT2D eigenvalue weighted by Crippen LogP contribution is -2.48. The number of aromatic amines is 1. The number of aromatic nitrogens is 3. The molecule has 19 heavy (non-hydrogen) atoms. The van der Waals surface area contributed by atoms with Crippen LogP contribution in [0.1, 0.15) is 21.9 Å². The van der Waals surface area contributed by atoms with E-state index in [2.05, 4.69) is 19.6 Å². The average molecular weight is 262 g/mol. The maximum Gasteiger partial charge on any atom is 0.326 e. The highest BCUT2D eigenvalue weighted by Crippen LogP contribution is 2.22. The number of hydrogen-bond acceptors (Lipinski definition) is 5. The van der Waals surface area contributed by atoms with Crippen LogP contribution in [-0.4, -0.2) is 43.0 Å².